The molecular weight excluding hydrogens is 264 g/mol. The van der Waals surface area contributed by atoms with Crippen molar-refractivity contribution < 1.29 is 16.1 Å². The summed E-state index contributed by atoms with van der Waals surface area (Å²) in [7, 11) is 0. The minimum atomic E-state index is -0.217. The monoisotopic (exact) mass is 292 g/mol. The van der Waals surface area contributed by atoms with E-state index in [2.05, 4.69) is 22.8 Å². The summed E-state index contributed by atoms with van der Waals surface area (Å²) >= 11 is 3.62. The van der Waals surface area contributed by atoms with Gasteiger partial charge in [-0.2, -0.15) is 0 Å². The van der Waals surface area contributed by atoms with Gasteiger partial charge in [0, 0.05) is 33.4 Å². The molecule has 0 aliphatic carbocycles. The van der Waals surface area contributed by atoms with Crippen LogP contribution in [0.5, 0.6) is 0 Å². The lowest BCUT2D eigenvalue weighted by Gasteiger charge is -2.22. The summed E-state index contributed by atoms with van der Waals surface area (Å²) in [5, 5.41) is 11.6. The molecule has 1 amide bonds. The van der Waals surface area contributed by atoms with E-state index in [1.807, 2.05) is 13.8 Å². The van der Waals surface area contributed by atoms with Crippen molar-refractivity contribution in [1.82, 2.24) is 10.2 Å². The van der Waals surface area contributed by atoms with E-state index in [-0.39, 0.29) is 31.5 Å². The predicted molar refractivity (Wildman–Crippen MR) is 81.4 cm³/mol. The summed E-state index contributed by atoms with van der Waals surface area (Å²) in [6.07, 6.45) is 2.77. The number of carbonyl (C=O) groups is 2. The number of nitrogens with one attached hydrogen (secondary N) is 1. The molecule has 1 heterocycles. The van der Waals surface area contributed by atoms with Crippen LogP contribution < -0.4 is 5.32 Å². The minimum Gasteiger partial charge on any atom is -0.395 e. The Morgan fingerprint density at radius 3 is 2.68 bits per heavy atom. The number of nitrogens with zero attached hydrogens (tertiary/aromatic N) is 1. The van der Waals surface area contributed by atoms with Crippen LogP contribution in [-0.2, 0) is 9.59 Å². The Morgan fingerprint density at radius 2 is 2.11 bits per heavy atom. The van der Waals surface area contributed by atoms with E-state index < -0.39 is 0 Å². The molecule has 0 aromatic heterocycles. The highest BCUT2D eigenvalue weighted by molar-refractivity contribution is 7.96. The molecule has 0 radical (unpaired) electrons. The summed E-state index contributed by atoms with van der Waals surface area (Å²) in [6.45, 7) is 6.14. The molecule has 0 spiro atoms. The molecule has 0 unspecified atom stereocenters. The first-order chi connectivity index (χ1) is 9.13. The van der Waals surface area contributed by atoms with Gasteiger partial charge in [-0.3, -0.25) is 14.5 Å². The molecule has 1 saturated heterocycles. The quantitative estimate of drug-likeness (QED) is 0.614. The van der Waals surface area contributed by atoms with Crippen LogP contribution in [0.2, 0.25) is 0 Å². The molecule has 5 nitrogen and oxygen atoms in total. The van der Waals surface area contributed by atoms with E-state index >= 15 is 0 Å². The second kappa shape index (κ2) is 11.3. The number of aliphatic hydroxyl groups excluding tert-OH is 1. The van der Waals surface area contributed by atoms with E-state index in [1.165, 1.54) is 0 Å². The Kier molecular flexibility index (Phi) is 10.9. The smallest absolute Gasteiger partial charge is 0.221 e. The largest absolute Gasteiger partial charge is 0.395 e. The zero-order valence-electron chi connectivity index (χ0n) is 11.9. The van der Waals surface area contributed by atoms with Crippen molar-refractivity contribution in [1.29, 1.82) is 0 Å². The van der Waals surface area contributed by atoms with Crippen LogP contribution in [0.1, 0.15) is 41.0 Å². The van der Waals surface area contributed by atoms with Crippen molar-refractivity contribution in [3.05, 3.63) is 0 Å². The van der Waals surface area contributed by atoms with Crippen LogP contribution >= 0.6 is 12.6 Å². The van der Waals surface area contributed by atoms with Crippen LogP contribution in [0.15, 0.2) is 0 Å². The molecule has 1 atom stereocenters. The third-order valence-corrected chi connectivity index (χ3v) is 3.22. The molecule has 0 aromatic carbocycles. The van der Waals surface area contributed by atoms with Crippen LogP contribution in [0.25, 0.3) is 0 Å². The van der Waals surface area contributed by atoms with E-state index in [1.54, 1.807) is 0 Å². The lowest BCUT2D eigenvalue weighted by atomic mass is 10.2. The fourth-order valence-electron chi connectivity index (χ4n) is 2.04. The molecule has 19 heavy (non-hydrogen) atoms. The Bertz CT molecular complexity index is 280. The maximum atomic E-state index is 11.4. The van der Waals surface area contributed by atoms with Gasteiger partial charge in [-0.1, -0.05) is 13.8 Å². The van der Waals surface area contributed by atoms with E-state index in [4.69, 9.17) is 5.11 Å². The summed E-state index contributed by atoms with van der Waals surface area (Å²) in [5.41, 5.74) is 0. The Morgan fingerprint density at radius 1 is 1.42 bits per heavy atom. The maximum absolute atomic E-state index is 11.4. The summed E-state index contributed by atoms with van der Waals surface area (Å²) < 4.78 is 0. The average molecular weight is 292 g/mol. The molecule has 1 aliphatic rings. The second-order valence-corrected chi connectivity index (χ2v) is 4.76. The van der Waals surface area contributed by atoms with Gasteiger partial charge in [0.15, 0.2) is 5.12 Å². The van der Waals surface area contributed by atoms with Gasteiger partial charge in [-0.25, -0.2) is 0 Å². The van der Waals surface area contributed by atoms with Crippen molar-refractivity contribution in [2.45, 2.75) is 45.6 Å². The van der Waals surface area contributed by atoms with Gasteiger partial charge in [0.25, 0.3) is 0 Å². The molecule has 2 N–H and O–H groups in total. The highest BCUT2D eigenvalue weighted by atomic mass is 32.1. The first-order valence-electron chi connectivity index (χ1n) is 6.97. The SMILES string of the molecule is CC.O=C(S)CCNC(=O)CCN1CCC[C@H]1CO.[HH]. The topological polar surface area (TPSA) is 69.6 Å². The number of hydrogen-bond donors (Lipinski definition) is 3. The summed E-state index contributed by atoms with van der Waals surface area (Å²) in [5.74, 6) is -0.0526. The van der Waals surface area contributed by atoms with Crippen LogP contribution in [0.4, 0.5) is 0 Å². The molecule has 1 aliphatic heterocycles. The third kappa shape index (κ3) is 8.23. The average Bonchev–Trinajstić information content (AvgIpc) is 2.85. The molecule has 0 aromatic rings. The Labute approximate surface area is 122 Å². The number of amides is 1. The lowest BCUT2D eigenvalue weighted by Crippen LogP contribution is -2.36. The molecule has 114 valence electrons. The molecule has 1 rings (SSSR count). The van der Waals surface area contributed by atoms with Gasteiger partial charge in [0.1, 0.15) is 0 Å². The number of thiol groups is 1. The predicted octanol–water partition coefficient (Wildman–Crippen LogP) is 1.07. The van der Waals surface area contributed by atoms with Crippen molar-refractivity contribution in [2.75, 3.05) is 26.2 Å². The third-order valence-electron chi connectivity index (χ3n) is 3.00. The Hall–Kier alpha value is -0.590. The first-order valence-corrected chi connectivity index (χ1v) is 7.41. The van der Waals surface area contributed by atoms with Gasteiger partial charge in [0.2, 0.25) is 5.91 Å². The zero-order chi connectivity index (χ0) is 14.7. The highest BCUT2D eigenvalue weighted by Crippen LogP contribution is 2.16. The molecule has 1 fully saturated rings. The standard InChI is InChI=1S/C11H20N2O3S.C2H6.H2/c14-8-9-2-1-6-13(9)7-4-10(15)12-5-3-11(16)17;1-2;/h9,14H,1-8H2,(H,12,15)(H,16,17);1-2H3;1H/t9-;;/m0../s1. The molecule has 0 bridgehead atoms. The van der Waals surface area contributed by atoms with Gasteiger partial charge in [-0.05, 0) is 19.4 Å². The van der Waals surface area contributed by atoms with Crippen molar-refractivity contribution >= 4 is 23.7 Å². The highest BCUT2D eigenvalue weighted by Gasteiger charge is 2.23. The maximum Gasteiger partial charge on any atom is 0.221 e. The van der Waals surface area contributed by atoms with Gasteiger partial charge in [0.05, 0.1) is 6.61 Å². The molecule has 6 heteroatoms. The van der Waals surface area contributed by atoms with E-state index in [0.717, 1.165) is 19.4 Å². The Balaban J connectivity index is 0. The number of likely N-dealkylation sites (tertiary alicyclic amines) is 1. The van der Waals surface area contributed by atoms with Gasteiger partial charge >= 0.3 is 0 Å². The normalized spacial score (nSPS) is 18.6. The fourth-order valence-corrected chi connectivity index (χ4v) is 2.15. The van der Waals surface area contributed by atoms with Crippen molar-refractivity contribution in [2.24, 2.45) is 0 Å². The molecule has 0 saturated carbocycles. The van der Waals surface area contributed by atoms with Crippen LogP contribution in [0, 0.1) is 0 Å². The van der Waals surface area contributed by atoms with Gasteiger partial charge in [-0.15, -0.1) is 12.6 Å². The summed E-state index contributed by atoms with van der Waals surface area (Å²) in [4.78, 5) is 24.1. The van der Waals surface area contributed by atoms with Crippen LogP contribution in [0.3, 0.4) is 0 Å². The number of aliphatic hydroxyl groups is 1. The van der Waals surface area contributed by atoms with E-state index in [0.29, 0.717) is 19.5 Å². The minimum absolute atomic E-state index is 0. The van der Waals surface area contributed by atoms with Gasteiger partial charge < -0.3 is 10.4 Å². The first kappa shape index (κ1) is 18.4. The van der Waals surface area contributed by atoms with Crippen molar-refractivity contribution in [3.63, 3.8) is 0 Å². The molecular formula is C13H28N2O3S. The number of hydrogen-bond acceptors (Lipinski definition) is 4. The number of rotatable bonds is 7. The van der Waals surface area contributed by atoms with Crippen LogP contribution in [-0.4, -0.2) is 53.3 Å². The zero-order valence-corrected chi connectivity index (χ0v) is 12.8. The van der Waals surface area contributed by atoms with Crippen molar-refractivity contribution in [3.8, 4) is 0 Å². The lowest BCUT2D eigenvalue weighted by molar-refractivity contribution is -0.121. The van der Waals surface area contributed by atoms with E-state index in [9.17, 15) is 9.59 Å². The second-order valence-electron chi connectivity index (χ2n) is 4.26. The fraction of sp³-hybridized carbons (Fsp3) is 0.846. The summed E-state index contributed by atoms with van der Waals surface area (Å²) in [6, 6.07) is 0.210. The number of carbonyl (C=O) groups excluding carboxylic acids is 2.